The summed E-state index contributed by atoms with van der Waals surface area (Å²) in [5, 5.41) is 7.19. The minimum atomic E-state index is 0.413. The van der Waals surface area contributed by atoms with Crippen molar-refractivity contribution in [2.75, 3.05) is 39.3 Å². The molecule has 0 aromatic carbocycles. The van der Waals surface area contributed by atoms with Crippen molar-refractivity contribution >= 4 is 0 Å². The SMILES string of the molecule is C1CNCCC(NCC2CN3CCCC3CO2)C1. The van der Waals surface area contributed by atoms with Crippen LogP contribution in [0.5, 0.6) is 0 Å². The molecular formula is C14H27N3O. The first kappa shape index (κ1) is 12.9. The molecule has 0 aromatic heterocycles. The number of morpholine rings is 1. The molecule has 4 heteroatoms. The first-order valence-electron chi connectivity index (χ1n) is 7.71. The minimum absolute atomic E-state index is 0.413. The first-order chi connectivity index (χ1) is 8.92. The maximum Gasteiger partial charge on any atom is 0.0827 e. The monoisotopic (exact) mass is 253 g/mol. The zero-order valence-corrected chi connectivity index (χ0v) is 11.4. The molecule has 0 radical (unpaired) electrons. The molecule has 18 heavy (non-hydrogen) atoms. The Hall–Kier alpha value is -0.160. The van der Waals surface area contributed by atoms with Crippen LogP contribution >= 0.6 is 0 Å². The lowest BCUT2D eigenvalue weighted by atomic mass is 10.1. The molecule has 3 rings (SSSR count). The molecule has 3 aliphatic rings. The highest BCUT2D eigenvalue weighted by Gasteiger charge is 2.32. The summed E-state index contributed by atoms with van der Waals surface area (Å²) in [7, 11) is 0. The second-order valence-electron chi connectivity index (χ2n) is 6.03. The molecule has 104 valence electrons. The topological polar surface area (TPSA) is 36.5 Å². The average molecular weight is 253 g/mol. The van der Waals surface area contributed by atoms with E-state index in [9.17, 15) is 0 Å². The predicted octanol–water partition coefficient (Wildman–Crippen LogP) is 0.581. The highest BCUT2D eigenvalue weighted by atomic mass is 16.5. The lowest BCUT2D eigenvalue weighted by Crippen LogP contribution is -2.50. The second-order valence-corrected chi connectivity index (χ2v) is 6.03. The van der Waals surface area contributed by atoms with Gasteiger partial charge in [-0.25, -0.2) is 0 Å². The van der Waals surface area contributed by atoms with Crippen LogP contribution in [-0.2, 0) is 4.74 Å². The van der Waals surface area contributed by atoms with E-state index < -0.39 is 0 Å². The number of hydrogen-bond donors (Lipinski definition) is 2. The maximum atomic E-state index is 5.99. The van der Waals surface area contributed by atoms with Crippen LogP contribution in [0.3, 0.4) is 0 Å². The summed E-state index contributed by atoms with van der Waals surface area (Å²) in [6.07, 6.45) is 7.00. The average Bonchev–Trinajstić information content (AvgIpc) is 2.70. The Morgan fingerprint density at radius 3 is 3.17 bits per heavy atom. The Labute approximate surface area is 110 Å². The van der Waals surface area contributed by atoms with Gasteiger partial charge in [-0.15, -0.1) is 0 Å². The normalized spacial score (nSPS) is 38.3. The van der Waals surface area contributed by atoms with Crippen LogP contribution in [0.15, 0.2) is 0 Å². The summed E-state index contributed by atoms with van der Waals surface area (Å²) in [5.74, 6) is 0. The van der Waals surface area contributed by atoms with Gasteiger partial charge in [0.05, 0.1) is 12.7 Å². The van der Waals surface area contributed by atoms with E-state index in [-0.39, 0.29) is 0 Å². The predicted molar refractivity (Wildman–Crippen MR) is 72.8 cm³/mol. The van der Waals surface area contributed by atoms with Crippen molar-refractivity contribution in [2.24, 2.45) is 0 Å². The van der Waals surface area contributed by atoms with Crippen molar-refractivity contribution in [1.29, 1.82) is 0 Å². The van der Waals surface area contributed by atoms with Gasteiger partial charge >= 0.3 is 0 Å². The van der Waals surface area contributed by atoms with Crippen LogP contribution in [0.4, 0.5) is 0 Å². The summed E-state index contributed by atoms with van der Waals surface area (Å²) in [6, 6.07) is 1.42. The Balaban J connectivity index is 1.40. The van der Waals surface area contributed by atoms with E-state index in [1.165, 1.54) is 45.2 Å². The van der Waals surface area contributed by atoms with Crippen molar-refractivity contribution in [2.45, 2.75) is 50.3 Å². The van der Waals surface area contributed by atoms with Crippen molar-refractivity contribution < 1.29 is 4.74 Å². The van der Waals surface area contributed by atoms with Gasteiger partial charge in [-0.3, -0.25) is 4.90 Å². The van der Waals surface area contributed by atoms with Gasteiger partial charge in [0.1, 0.15) is 0 Å². The van der Waals surface area contributed by atoms with Crippen LogP contribution in [0, 0.1) is 0 Å². The van der Waals surface area contributed by atoms with Crippen LogP contribution < -0.4 is 10.6 Å². The van der Waals surface area contributed by atoms with Gasteiger partial charge in [0.25, 0.3) is 0 Å². The molecular weight excluding hydrogens is 226 g/mol. The molecule has 0 bridgehead atoms. The summed E-state index contributed by atoms with van der Waals surface area (Å²) < 4.78 is 5.99. The third kappa shape index (κ3) is 3.23. The second kappa shape index (κ2) is 6.33. The first-order valence-corrected chi connectivity index (χ1v) is 7.71. The molecule has 3 saturated heterocycles. The van der Waals surface area contributed by atoms with Gasteiger partial charge in [-0.05, 0) is 51.7 Å². The van der Waals surface area contributed by atoms with Crippen molar-refractivity contribution in [3.05, 3.63) is 0 Å². The molecule has 4 nitrogen and oxygen atoms in total. The molecule has 3 fully saturated rings. The van der Waals surface area contributed by atoms with Gasteiger partial charge in [-0.2, -0.15) is 0 Å². The van der Waals surface area contributed by atoms with Crippen LogP contribution in [-0.4, -0.2) is 62.4 Å². The number of rotatable bonds is 3. The van der Waals surface area contributed by atoms with E-state index in [2.05, 4.69) is 15.5 Å². The molecule has 2 N–H and O–H groups in total. The van der Waals surface area contributed by atoms with Gasteiger partial charge in [-0.1, -0.05) is 0 Å². The van der Waals surface area contributed by atoms with Crippen LogP contribution in [0.2, 0.25) is 0 Å². The smallest absolute Gasteiger partial charge is 0.0827 e. The van der Waals surface area contributed by atoms with E-state index >= 15 is 0 Å². The largest absolute Gasteiger partial charge is 0.374 e. The zero-order valence-electron chi connectivity index (χ0n) is 11.4. The molecule has 0 amide bonds. The lowest BCUT2D eigenvalue weighted by Gasteiger charge is -2.36. The third-order valence-electron chi connectivity index (χ3n) is 4.67. The molecule has 3 unspecified atom stereocenters. The molecule has 0 saturated carbocycles. The van der Waals surface area contributed by atoms with E-state index in [1.54, 1.807) is 0 Å². The van der Waals surface area contributed by atoms with Crippen molar-refractivity contribution in [3.63, 3.8) is 0 Å². The summed E-state index contributed by atoms with van der Waals surface area (Å²) in [6.45, 7) is 6.78. The Kier molecular flexibility index (Phi) is 4.52. The highest BCUT2D eigenvalue weighted by Crippen LogP contribution is 2.22. The number of nitrogens with one attached hydrogen (secondary N) is 2. The molecule has 0 spiro atoms. The van der Waals surface area contributed by atoms with Crippen molar-refractivity contribution in [3.8, 4) is 0 Å². The number of fused-ring (bicyclic) bond motifs is 1. The number of nitrogens with zero attached hydrogens (tertiary/aromatic N) is 1. The Bertz CT molecular complexity index is 253. The molecule has 0 aliphatic carbocycles. The summed E-state index contributed by atoms with van der Waals surface area (Å²) in [4.78, 5) is 2.63. The summed E-state index contributed by atoms with van der Waals surface area (Å²) in [5.41, 5.74) is 0. The van der Waals surface area contributed by atoms with Gasteiger partial charge in [0.2, 0.25) is 0 Å². The highest BCUT2D eigenvalue weighted by molar-refractivity contribution is 4.86. The Morgan fingerprint density at radius 2 is 2.17 bits per heavy atom. The third-order valence-corrected chi connectivity index (χ3v) is 4.67. The minimum Gasteiger partial charge on any atom is -0.374 e. The number of ether oxygens (including phenoxy) is 1. The molecule has 3 aliphatic heterocycles. The quantitative estimate of drug-likeness (QED) is 0.771. The zero-order chi connectivity index (χ0) is 12.2. The van der Waals surface area contributed by atoms with Crippen LogP contribution in [0.1, 0.15) is 32.1 Å². The maximum absolute atomic E-state index is 5.99. The molecule has 3 atom stereocenters. The van der Waals surface area contributed by atoms with E-state index in [1.807, 2.05) is 0 Å². The standard InChI is InChI=1S/C14H27N3O/c1-3-12(5-7-15-6-1)16-9-14-10-17-8-2-4-13(17)11-18-14/h12-16H,1-11H2. The molecule has 3 heterocycles. The fourth-order valence-electron chi connectivity index (χ4n) is 3.53. The van der Waals surface area contributed by atoms with E-state index in [0.717, 1.165) is 32.3 Å². The van der Waals surface area contributed by atoms with Gasteiger partial charge in [0.15, 0.2) is 0 Å². The molecule has 0 aromatic rings. The van der Waals surface area contributed by atoms with Crippen LogP contribution in [0.25, 0.3) is 0 Å². The van der Waals surface area contributed by atoms with Gasteiger partial charge < -0.3 is 15.4 Å². The fraction of sp³-hybridized carbons (Fsp3) is 1.00. The number of hydrogen-bond acceptors (Lipinski definition) is 4. The van der Waals surface area contributed by atoms with E-state index in [0.29, 0.717) is 12.1 Å². The Morgan fingerprint density at radius 1 is 1.17 bits per heavy atom. The lowest BCUT2D eigenvalue weighted by molar-refractivity contribution is -0.0479. The fourth-order valence-corrected chi connectivity index (χ4v) is 3.53. The van der Waals surface area contributed by atoms with E-state index in [4.69, 9.17) is 4.74 Å². The van der Waals surface area contributed by atoms with Crippen molar-refractivity contribution in [1.82, 2.24) is 15.5 Å². The van der Waals surface area contributed by atoms with Gasteiger partial charge in [0, 0.05) is 25.2 Å². The summed E-state index contributed by atoms with van der Waals surface area (Å²) >= 11 is 0.